The van der Waals surface area contributed by atoms with Gasteiger partial charge in [-0.1, -0.05) is 0 Å². The maximum absolute atomic E-state index is 12.5. The molecule has 24 heavy (non-hydrogen) atoms. The number of carbonyl (C=O) groups excluding carboxylic acids is 1. The lowest BCUT2D eigenvalue weighted by Gasteiger charge is -2.35. The van der Waals surface area contributed by atoms with Crippen LogP contribution >= 0.6 is 11.3 Å². The Hall–Kier alpha value is -1.73. The number of carbonyl (C=O) groups is 1. The van der Waals surface area contributed by atoms with Gasteiger partial charge in [-0.15, -0.1) is 11.3 Å². The van der Waals surface area contributed by atoms with Crippen LogP contribution in [0, 0.1) is 13.8 Å². The highest BCUT2D eigenvalue weighted by Gasteiger charge is 2.25. The molecule has 1 aliphatic rings. The SMILES string of the molecule is Cc1sc2nc(CCC(=O)N3CCCCC3CN)[nH]c(=O)c2c1C. The summed E-state index contributed by atoms with van der Waals surface area (Å²) in [6.07, 6.45) is 3.96. The van der Waals surface area contributed by atoms with Gasteiger partial charge in [0.15, 0.2) is 0 Å². The average molecular weight is 348 g/mol. The van der Waals surface area contributed by atoms with Gasteiger partial charge in [-0.25, -0.2) is 4.98 Å². The van der Waals surface area contributed by atoms with E-state index in [4.69, 9.17) is 5.73 Å². The summed E-state index contributed by atoms with van der Waals surface area (Å²) in [6, 6.07) is 0.156. The molecule has 0 spiro atoms. The number of aromatic nitrogens is 2. The Morgan fingerprint density at radius 1 is 1.42 bits per heavy atom. The van der Waals surface area contributed by atoms with Crippen molar-refractivity contribution >= 4 is 27.5 Å². The third kappa shape index (κ3) is 3.23. The molecule has 130 valence electrons. The van der Waals surface area contributed by atoms with Gasteiger partial charge in [0, 0.05) is 36.9 Å². The average Bonchev–Trinajstić information content (AvgIpc) is 2.87. The van der Waals surface area contributed by atoms with E-state index in [0.717, 1.165) is 41.1 Å². The predicted octanol–water partition coefficient (Wildman–Crippen LogP) is 1.87. The first kappa shape index (κ1) is 17.1. The zero-order valence-electron chi connectivity index (χ0n) is 14.2. The van der Waals surface area contributed by atoms with E-state index in [9.17, 15) is 9.59 Å². The van der Waals surface area contributed by atoms with Gasteiger partial charge in [0.05, 0.1) is 5.39 Å². The molecule has 0 aliphatic carbocycles. The summed E-state index contributed by atoms with van der Waals surface area (Å²) in [5.74, 6) is 0.690. The molecule has 2 aromatic heterocycles. The van der Waals surface area contributed by atoms with Gasteiger partial charge in [0.1, 0.15) is 10.7 Å². The number of fused-ring (bicyclic) bond motifs is 1. The van der Waals surface area contributed by atoms with E-state index < -0.39 is 0 Å². The molecule has 3 N–H and O–H groups in total. The number of H-pyrrole nitrogens is 1. The van der Waals surface area contributed by atoms with Crippen molar-refractivity contribution in [1.82, 2.24) is 14.9 Å². The molecule has 3 heterocycles. The first-order chi connectivity index (χ1) is 11.5. The second kappa shape index (κ2) is 7.03. The molecule has 1 amide bonds. The summed E-state index contributed by atoms with van der Waals surface area (Å²) >= 11 is 1.53. The maximum atomic E-state index is 12.5. The number of nitrogens with one attached hydrogen (secondary N) is 1. The molecular formula is C17H24N4O2S. The smallest absolute Gasteiger partial charge is 0.259 e. The molecule has 3 rings (SSSR count). The minimum atomic E-state index is -0.109. The zero-order valence-corrected chi connectivity index (χ0v) is 15.0. The fourth-order valence-electron chi connectivity index (χ4n) is 3.36. The first-order valence-corrected chi connectivity index (χ1v) is 9.31. The normalized spacial score (nSPS) is 18.3. The molecule has 0 bridgehead atoms. The summed E-state index contributed by atoms with van der Waals surface area (Å²) in [5, 5.41) is 0.673. The molecule has 1 saturated heterocycles. The van der Waals surface area contributed by atoms with Crippen LogP contribution in [-0.4, -0.2) is 39.9 Å². The van der Waals surface area contributed by atoms with E-state index in [-0.39, 0.29) is 17.5 Å². The first-order valence-electron chi connectivity index (χ1n) is 8.49. The van der Waals surface area contributed by atoms with Gasteiger partial charge in [0.25, 0.3) is 5.56 Å². The van der Waals surface area contributed by atoms with E-state index >= 15 is 0 Å². The summed E-state index contributed by atoms with van der Waals surface area (Å²) < 4.78 is 0. The quantitative estimate of drug-likeness (QED) is 0.882. The number of amides is 1. The topological polar surface area (TPSA) is 92.1 Å². The second-order valence-electron chi connectivity index (χ2n) is 6.45. The minimum Gasteiger partial charge on any atom is -0.338 e. The summed E-state index contributed by atoms with van der Waals surface area (Å²) in [4.78, 5) is 35.9. The lowest BCUT2D eigenvalue weighted by atomic mass is 10.0. The second-order valence-corrected chi connectivity index (χ2v) is 7.65. The Labute approximate surface area is 145 Å². The lowest BCUT2D eigenvalue weighted by Crippen LogP contribution is -2.47. The van der Waals surface area contributed by atoms with Crippen LogP contribution in [0.4, 0.5) is 0 Å². The monoisotopic (exact) mass is 348 g/mol. The number of aromatic amines is 1. The number of hydrogen-bond donors (Lipinski definition) is 2. The van der Waals surface area contributed by atoms with Crippen LogP contribution in [0.1, 0.15) is 41.9 Å². The lowest BCUT2D eigenvalue weighted by molar-refractivity contribution is -0.134. The van der Waals surface area contributed by atoms with E-state index in [1.54, 1.807) is 0 Å². The van der Waals surface area contributed by atoms with E-state index in [1.165, 1.54) is 11.3 Å². The minimum absolute atomic E-state index is 0.103. The van der Waals surface area contributed by atoms with Crippen LogP contribution in [0.3, 0.4) is 0 Å². The third-order valence-electron chi connectivity index (χ3n) is 4.88. The van der Waals surface area contributed by atoms with Gasteiger partial charge in [-0.05, 0) is 38.7 Å². The Morgan fingerprint density at radius 2 is 2.21 bits per heavy atom. The number of hydrogen-bond acceptors (Lipinski definition) is 5. The number of likely N-dealkylation sites (tertiary alicyclic amines) is 1. The van der Waals surface area contributed by atoms with E-state index in [0.29, 0.717) is 30.6 Å². The molecule has 1 aliphatic heterocycles. The molecule has 0 radical (unpaired) electrons. The highest BCUT2D eigenvalue weighted by Crippen LogP contribution is 2.26. The number of piperidine rings is 1. The summed E-state index contributed by atoms with van der Waals surface area (Å²) in [7, 11) is 0. The molecule has 6 nitrogen and oxygen atoms in total. The molecule has 2 aromatic rings. The Morgan fingerprint density at radius 3 is 2.96 bits per heavy atom. The maximum Gasteiger partial charge on any atom is 0.259 e. The fraction of sp³-hybridized carbons (Fsp3) is 0.588. The van der Waals surface area contributed by atoms with Gasteiger partial charge >= 0.3 is 0 Å². The number of aryl methyl sites for hydroxylation is 3. The largest absolute Gasteiger partial charge is 0.338 e. The van der Waals surface area contributed by atoms with Crippen molar-refractivity contribution < 1.29 is 4.79 Å². The summed E-state index contributed by atoms with van der Waals surface area (Å²) in [6.45, 7) is 5.23. The number of thiophene rings is 1. The van der Waals surface area contributed by atoms with Crippen molar-refractivity contribution in [2.75, 3.05) is 13.1 Å². The fourth-order valence-corrected chi connectivity index (χ4v) is 4.41. The van der Waals surface area contributed by atoms with Gasteiger partial charge in [-0.2, -0.15) is 0 Å². The Kier molecular flexibility index (Phi) is 5.01. The van der Waals surface area contributed by atoms with Gasteiger partial charge in [0.2, 0.25) is 5.91 Å². The van der Waals surface area contributed by atoms with Crippen molar-refractivity contribution in [1.29, 1.82) is 0 Å². The standard InChI is InChI=1S/C17H24N4O2S/c1-10-11(2)24-17-15(10)16(23)19-13(20-17)6-7-14(22)21-8-4-3-5-12(21)9-18/h12H,3-9,18H2,1-2H3,(H,19,20,23). The number of nitrogens with two attached hydrogens (primary N) is 1. The van der Waals surface area contributed by atoms with Gasteiger partial charge in [-0.3, -0.25) is 9.59 Å². The van der Waals surface area contributed by atoms with E-state index in [1.807, 2.05) is 18.7 Å². The molecule has 0 saturated carbocycles. The zero-order chi connectivity index (χ0) is 17.3. The molecular weight excluding hydrogens is 324 g/mol. The Bertz CT molecular complexity index is 811. The molecule has 1 fully saturated rings. The molecule has 7 heteroatoms. The summed E-state index contributed by atoms with van der Waals surface area (Å²) in [5.41, 5.74) is 6.67. The van der Waals surface area contributed by atoms with Crippen molar-refractivity contribution in [3.63, 3.8) is 0 Å². The van der Waals surface area contributed by atoms with Crippen LogP contribution in [0.15, 0.2) is 4.79 Å². The van der Waals surface area contributed by atoms with Crippen LogP contribution in [-0.2, 0) is 11.2 Å². The van der Waals surface area contributed by atoms with Crippen LogP contribution < -0.4 is 11.3 Å². The predicted molar refractivity (Wildman–Crippen MR) is 96.4 cm³/mol. The molecule has 0 aromatic carbocycles. The van der Waals surface area contributed by atoms with Gasteiger partial charge < -0.3 is 15.6 Å². The van der Waals surface area contributed by atoms with Crippen molar-refractivity contribution in [3.8, 4) is 0 Å². The van der Waals surface area contributed by atoms with Crippen LogP contribution in [0.2, 0.25) is 0 Å². The highest BCUT2D eigenvalue weighted by atomic mass is 32.1. The van der Waals surface area contributed by atoms with Crippen LogP contribution in [0.5, 0.6) is 0 Å². The van der Waals surface area contributed by atoms with Crippen LogP contribution in [0.25, 0.3) is 10.2 Å². The molecule has 1 atom stereocenters. The van der Waals surface area contributed by atoms with Crippen molar-refractivity contribution in [3.05, 3.63) is 26.6 Å². The number of rotatable bonds is 4. The number of nitrogens with zero attached hydrogens (tertiary/aromatic N) is 2. The third-order valence-corrected chi connectivity index (χ3v) is 5.98. The highest BCUT2D eigenvalue weighted by molar-refractivity contribution is 7.18. The van der Waals surface area contributed by atoms with Crippen molar-refractivity contribution in [2.45, 2.75) is 52.0 Å². The Balaban J connectivity index is 1.73. The van der Waals surface area contributed by atoms with Crippen molar-refractivity contribution in [2.24, 2.45) is 5.73 Å². The van der Waals surface area contributed by atoms with E-state index in [2.05, 4.69) is 9.97 Å². The molecule has 1 unspecified atom stereocenters.